The summed E-state index contributed by atoms with van der Waals surface area (Å²) in [4.78, 5) is 21.6. The van der Waals surface area contributed by atoms with Crippen LogP contribution in [0.1, 0.15) is 36.8 Å². The molecule has 2 amide bonds. The molecule has 148 valence electrons. The third kappa shape index (κ3) is 6.58. The standard InChI is InChI=1S/C18H23F3N4O2/c1-12(2)10-25(11-14-5-4-8-27-14)17(26)22-7-6-16-23-13(3)9-15(24-16)18(19,20)21/h4-5,8-9,12H,6-7,10-11H2,1-3H3,(H,22,26). The van der Waals surface area contributed by atoms with Crippen LogP contribution < -0.4 is 5.32 Å². The molecule has 0 aromatic carbocycles. The van der Waals surface area contributed by atoms with Gasteiger partial charge in [0.2, 0.25) is 0 Å². The van der Waals surface area contributed by atoms with Crippen molar-refractivity contribution < 1.29 is 22.4 Å². The number of hydrogen-bond acceptors (Lipinski definition) is 4. The van der Waals surface area contributed by atoms with E-state index in [-0.39, 0.29) is 36.4 Å². The number of amides is 2. The number of alkyl halides is 3. The molecule has 0 aliphatic carbocycles. The summed E-state index contributed by atoms with van der Waals surface area (Å²) < 4.78 is 43.8. The zero-order valence-electron chi connectivity index (χ0n) is 15.5. The molecule has 2 rings (SSSR count). The van der Waals surface area contributed by atoms with Crippen molar-refractivity contribution in [2.24, 2.45) is 5.92 Å². The summed E-state index contributed by atoms with van der Waals surface area (Å²) in [6, 6.07) is 4.10. The van der Waals surface area contributed by atoms with Crippen LogP contribution in [0.2, 0.25) is 0 Å². The van der Waals surface area contributed by atoms with Crippen molar-refractivity contribution in [3.63, 3.8) is 0 Å². The lowest BCUT2D eigenvalue weighted by Crippen LogP contribution is -2.42. The largest absolute Gasteiger partial charge is 0.467 e. The molecule has 0 aliphatic heterocycles. The second-order valence-electron chi connectivity index (χ2n) is 6.64. The van der Waals surface area contributed by atoms with E-state index in [1.54, 1.807) is 17.0 Å². The molecule has 1 N–H and O–H groups in total. The van der Waals surface area contributed by atoms with E-state index in [1.807, 2.05) is 13.8 Å². The minimum atomic E-state index is -4.52. The molecule has 6 nitrogen and oxygen atoms in total. The van der Waals surface area contributed by atoms with E-state index < -0.39 is 11.9 Å². The van der Waals surface area contributed by atoms with E-state index in [9.17, 15) is 18.0 Å². The first-order valence-electron chi connectivity index (χ1n) is 8.62. The van der Waals surface area contributed by atoms with Gasteiger partial charge in [-0.1, -0.05) is 13.8 Å². The highest BCUT2D eigenvalue weighted by atomic mass is 19.4. The van der Waals surface area contributed by atoms with Crippen LogP contribution >= 0.6 is 0 Å². The van der Waals surface area contributed by atoms with Crippen LogP contribution in [0.3, 0.4) is 0 Å². The van der Waals surface area contributed by atoms with Gasteiger partial charge in [-0.3, -0.25) is 0 Å². The number of aryl methyl sites for hydroxylation is 1. The van der Waals surface area contributed by atoms with Crippen LogP contribution in [0.4, 0.5) is 18.0 Å². The number of carbonyl (C=O) groups is 1. The lowest BCUT2D eigenvalue weighted by Gasteiger charge is -2.24. The van der Waals surface area contributed by atoms with Gasteiger partial charge < -0.3 is 14.6 Å². The van der Waals surface area contributed by atoms with Crippen molar-refractivity contribution in [2.45, 2.75) is 39.9 Å². The van der Waals surface area contributed by atoms with Crippen LogP contribution in [-0.2, 0) is 19.1 Å². The van der Waals surface area contributed by atoms with Crippen LogP contribution in [0.5, 0.6) is 0 Å². The Hall–Kier alpha value is -2.58. The van der Waals surface area contributed by atoms with Crippen LogP contribution in [-0.4, -0.2) is 34.0 Å². The van der Waals surface area contributed by atoms with E-state index in [2.05, 4.69) is 15.3 Å². The minimum Gasteiger partial charge on any atom is -0.467 e. The van der Waals surface area contributed by atoms with E-state index in [0.717, 1.165) is 6.07 Å². The molecule has 0 spiro atoms. The average molecular weight is 384 g/mol. The molecule has 27 heavy (non-hydrogen) atoms. The third-order valence-electron chi connectivity index (χ3n) is 3.62. The summed E-state index contributed by atoms with van der Waals surface area (Å²) in [6.07, 6.45) is -2.89. The molecular formula is C18H23F3N4O2. The summed E-state index contributed by atoms with van der Waals surface area (Å²) in [6.45, 7) is 6.42. The highest BCUT2D eigenvalue weighted by Crippen LogP contribution is 2.27. The maximum atomic E-state index is 12.8. The van der Waals surface area contributed by atoms with E-state index >= 15 is 0 Å². The predicted octanol–water partition coefficient (Wildman–Crippen LogP) is 3.81. The normalized spacial score (nSPS) is 11.7. The Balaban J connectivity index is 1.96. The van der Waals surface area contributed by atoms with Crippen molar-refractivity contribution in [3.8, 4) is 0 Å². The molecule has 2 aromatic heterocycles. The third-order valence-corrected chi connectivity index (χ3v) is 3.62. The Morgan fingerprint density at radius 1 is 1.33 bits per heavy atom. The van der Waals surface area contributed by atoms with Crippen molar-refractivity contribution in [3.05, 3.63) is 47.4 Å². The fourth-order valence-electron chi connectivity index (χ4n) is 2.53. The SMILES string of the molecule is Cc1cc(C(F)(F)F)nc(CCNC(=O)N(Cc2ccco2)CC(C)C)n1. The Bertz CT molecular complexity index is 746. The Kier molecular flexibility index (Phi) is 6.81. The monoisotopic (exact) mass is 384 g/mol. The molecule has 0 unspecified atom stereocenters. The number of hydrogen-bond donors (Lipinski definition) is 1. The molecule has 2 aromatic rings. The van der Waals surface area contributed by atoms with Crippen molar-refractivity contribution in [1.29, 1.82) is 0 Å². The Labute approximate surface area is 155 Å². The van der Waals surface area contributed by atoms with E-state index in [4.69, 9.17) is 4.42 Å². The lowest BCUT2D eigenvalue weighted by atomic mass is 10.2. The molecule has 9 heteroatoms. The maximum Gasteiger partial charge on any atom is 0.433 e. The van der Waals surface area contributed by atoms with Gasteiger partial charge in [0, 0.05) is 25.2 Å². The van der Waals surface area contributed by atoms with Gasteiger partial charge in [0.15, 0.2) is 0 Å². The lowest BCUT2D eigenvalue weighted by molar-refractivity contribution is -0.141. The molecule has 2 heterocycles. The quantitative estimate of drug-likeness (QED) is 0.788. The highest BCUT2D eigenvalue weighted by Gasteiger charge is 2.33. The molecule has 0 saturated heterocycles. The zero-order chi connectivity index (χ0) is 20.0. The number of rotatable bonds is 7. The molecule has 0 fully saturated rings. The minimum absolute atomic E-state index is 0.0454. The highest BCUT2D eigenvalue weighted by molar-refractivity contribution is 5.74. The average Bonchev–Trinajstić information content (AvgIpc) is 3.05. The van der Waals surface area contributed by atoms with Gasteiger partial charge in [0.1, 0.15) is 17.3 Å². The Morgan fingerprint density at radius 2 is 2.07 bits per heavy atom. The first kappa shape index (κ1) is 20.7. The zero-order valence-corrected chi connectivity index (χ0v) is 15.5. The first-order valence-corrected chi connectivity index (χ1v) is 8.62. The number of nitrogens with one attached hydrogen (secondary N) is 1. The van der Waals surface area contributed by atoms with Gasteiger partial charge in [-0.15, -0.1) is 0 Å². The number of nitrogens with zero attached hydrogens (tertiary/aromatic N) is 3. The van der Waals surface area contributed by atoms with Gasteiger partial charge in [-0.25, -0.2) is 14.8 Å². The van der Waals surface area contributed by atoms with Gasteiger partial charge in [0.05, 0.1) is 12.8 Å². The number of carbonyl (C=O) groups excluding carboxylic acids is 1. The van der Waals surface area contributed by atoms with Crippen LogP contribution in [0, 0.1) is 12.8 Å². The number of halogens is 3. The van der Waals surface area contributed by atoms with Gasteiger partial charge in [-0.05, 0) is 31.0 Å². The smallest absolute Gasteiger partial charge is 0.433 e. The first-order chi connectivity index (χ1) is 12.6. The van der Waals surface area contributed by atoms with Crippen molar-refractivity contribution in [1.82, 2.24) is 20.2 Å². The van der Waals surface area contributed by atoms with Gasteiger partial charge >= 0.3 is 12.2 Å². The van der Waals surface area contributed by atoms with E-state index in [1.165, 1.54) is 13.2 Å². The summed E-state index contributed by atoms with van der Waals surface area (Å²) >= 11 is 0. The van der Waals surface area contributed by atoms with E-state index in [0.29, 0.717) is 18.8 Å². The number of aromatic nitrogens is 2. The second kappa shape index (κ2) is 8.88. The molecule has 0 bridgehead atoms. The summed E-state index contributed by atoms with van der Waals surface area (Å²) in [5, 5.41) is 2.71. The van der Waals surface area contributed by atoms with Crippen LogP contribution in [0.15, 0.2) is 28.9 Å². The summed E-state index contributed by atoms with van der Waals surface area (Å²) in [7, 11) is 0. The molecule has 0 atom stereocenters. The fraction of sp³-hybridized carbons (Fsp3) is 0.500. The number of furan rings is 1. The van der Waals surface area contributed by atoms with Gasteiger partial charge in [0.25, 0.3) is 0 Å². The molecule has 0 aliphatic rings. The predicted molar refractivity (Wildman–Crippen MR) is 92.8 cm³/mol. The maximum absolute atomic E-state index is 12.8. The van der Waals surface area contributed by atoms with Crippen LogP contribution in [0.25, 0.3) is 0 Å². The fourth-order valence-corrected chi connectivity index (χ4v) is 2.53. The number of urea groups is 1. The Morgan fingerprint density at radius 3 is 2.67 bits per heavy atom. The second-order valence-corrected chi connectivity index (χ2v) is 6.64. The summed E-state index contributed by atoms with van der Waals surface area (Å²) in [5.41, 5.74) is -0.742. The molecule has 0 radical (unpaired) electrons. The van der Waals surface area contributed by atoms with Crippen molar-refractivity contribution in [2.75, 3.05) is 13.1 Å². The topological polar surface area (TPSA) is 71.3 Å². The molecule has 0 saturated carbocycles. The summed E-state index contributed by atoms with van der Waals surface area (Å²) in [5.74, 6) is 0.951. The van der Waals surface area contributed by atoms with Crippen molar-refractivity contribution >= 4 is 6.03 Å². The van der Waals surface area contributed by atoms with Gasteiger partial charge in [-0.2, -0.15) is 13.2 Å². The molecular weight excluding hydrogens is 361 g/mol.